The van der Waals surface area contributed by atoms with Gasteiger partial charge in [0.1, 0.15) is 13.2 Å². The Morgan fingerprint density at radius 1 is 0.288 bits per heavy atom. The Hall–Kier alpha value is -3.15. The third-order valence-electron chi connectivity index (χ3n) is 13.6. The molecule has 6 nitrogen and oxygen atoms in total. The number of carbonyl (C=O) groups excluding carboxylic acids is 3. The molecule has 1 atom stereocenters. The molecule has 0 aliphatic heterocycles. The molecular weight excluding hydrogens is 901 g/mol. The molecule has 73 heavy (non-hydrogen) atoms. The average Bonchev–Trinajstić information content (AvgIpc) is 3.39. The predicted octanol–water partition coefficient (Wildman–Crippen LogP) is 21.3. The minimum Gasteiger partial charge on any atom is -0.462 e. The number of hydrogen-bond acceptors (Lipinski definition) is 6. The third kappa shape index (κ3) is 59.6. The van der Waals surface area contributed by atoms with Gasteiger partial charge < -0.3 is 14.2 Å². The van der Waals surface area contributed by atoms with Crippen molar-refractivity contribution in [3.05, 3.63) is 72.9 Å². The van der Waals surface area contributed by atoms with Gasteiger partial charge in [0, 0.05) is 19.3 Å². The summed E-state index contributed by atoms with van der Waals surface area (Å²) in [5, 5.41) is 0. The number of carbonyl (C=O) groups is 3. The van der Waals surface area contributed by atoms with Crippen LogP contribution in [0.4, 0.5) is 0 Å². The Morgan fingerprint density at radius 3 is 0.904 bits per heavy atom. The maximum atomic E-state index is 12.8. The number of esters is 3. The van der Waals surface area contributed by atoms with Crippen LogP contribution < -0.4 is 0 Å². The number of rotatable bonds is 57. The maximum Gasteiger partial charge on any atom is 0.306 e. The highest BCUT2D eigenvalue weighted by atomic mass is 16.6. The number of ether oxygens (including phenoxy) is 3. The van der Waals surface area contributed by atoms with Crippen molar-refractivity contribution in [1.29, 1.82) is 0 Å². The third-order valence-corrected chi connectivity index (χ3v) is 13.6. The second-order valence-corrected chi connectivity index (χ2v) is 20.9. The first-order valence-corrected chi connectivity index (χ1v) is 31.4. The van der Waals surface area contributed by atoms with Crippen LogP contribution in [0.3, 0.4) is 0 Å². The SMILES string of the molecule is CC/C=C\C/C=C\C/C=C\C/C=C\CCCCCCCCCCCCCCCCCCCCC(=O)OCC(COC(=O)CCCCCCC/C=C\CCC)OC(=O)CCCCCCC/C=C\CCCCCCC. The zero-order valence-corrected chi connectivity index (χ0v) is 48.4. The normalized spacial score (nSPS) is 12.5. The molecule has 0 rings (SSSR count). The van der Waals surface area contributed by atoms with E-state index in [1.807, 2.05) is 0 Å². The first-order chi connectivity index (χ1) is 36.0. The van der Waals surface area contributed by atoms with Crippen molar-refractivity contribution in [2.75, 3.05) is 13.2 Å². The molecule has 6 heteroatoms. The largest absolute Gasteiger partial charge is 0.462 e. The van der Waals surface area contributed by atoms with Crippen molar-refractivity contribution >= 4 is 17.9 Å². The van der Waals surface area contributed by atoms with E-state index in [4.69, 9.17) is 14.2 Å². The topological polar surface area (TPSA) is 78.9 Å². The van der Waals surface area contributed by atoms with E-state index < -0.39 is 6.10 Å². The molecule has 0 aromatic carbocycles. The lowest BCUT2D eigenvalue weighted by Crippen LogP contribution is -2.30. The molecule has 0 aromatic rings. The van der Waals surface area contributed by atoms with Crippen LogP contribution in [0.15, 0.2) is 72.9 Å². The predicted molar refractivity (Wildman–Crippen MR) is 316 cm³/mol. The van der Waals surface area contributed by atoms with Crippen LogP contribution in [-0.2, 0) is 28.6 Å². The van der Waals surface area contributed by atoms with Gasteiger partial charge in [0.2, 0.25) is 0 Å². The van der Waals surface area contributed by atoms with Gasteiger partial charge >= 0.3 is 17.9 Å². The summed E-state index contributed by atoms with van der Waals surface area (Å²) >= 11 is 0. The monoisotopic (exact) mass is 1020 g/mol. The van der Waals surface area contributed by atoms with Crippen molar-refractivity contribution in [2.24, 2.45) is 0 Å². The molecule has 0 saturated heterocycles. The van der Waals surface area contributed by atoms with Crippen molar-refractivity contribution in [2.45, 2.75) is 322 Å². The number of hydrogen-bond donors (Lipinski definition) is 0. The summed E-state index contributed by atoms with van der Waals surface area (Å²) < 4.78 is 16.8. The number of allylic oxidation sites excluding steroid dienone is 12. The summed E-state index contributed by atoms with van der Waals surface area (Å²) in [7, 11) is 0. The van der Waals surface area contributed by atoms with E-state index in [1.165, 1.54) is 167 Å². The summed E-state index contributed by atoms with van der Waals surface area (Å²) in [4.78, 5) is 38.1. The Labute approximate surface area is 453 Å². The van der Waals surface area contributed by atoms with E-state index in [1.54, 1.807) is 0 Å². The van der Waals surface area contributed by atoms with Gasteiger partial charge in [-0.2, -0.15) is 0 Å². The van der Waals surface area contributed by atoms with Crippen LogP contribution in [0, 0.1) is 0 Å². The summed E-state index contributed by atoms with van der Waals surface area (Å²) in [5.74, 6) is -0.886. The quantitative estimate of drug-likeness (QED) is 0.0261. The molecule has 0 N–H and O–H groups in total. The lowest BCUT2D eigenvalue weighted by atomic mass is 10.0. The summed E-state index contributed by atoms with van der Waals surface area (Å²) in [6, 6.07) is 0. The molecule has 0 radical (unpaired) electrons. The molecule has 0 fully saturated rings. The van der Waals surface area contributed by atoms with E-state index in [-0.39, 0.29) is 31.1 Å². The Kier molecular flexibility index (Phi) is 58.7. The van der Waals surface area contributed by atoms with Crippen LogP contribution in [0.5, 0.6) is 0 Å². The van der Waals surface area contributed by atoms with Crippen molar-refractivity contribution < 1.29 is 28.6 Å². The molecule has 0 saturated carbocycles. The van der Waals surface area contributed by atoms with Crippen LogP contribution in [-0.4, -0.2) is 37.2 Å². The summed E-state index contributed by atoms with van der Waals surface area (Å²) in [5.41, 5.74) is 0. The summed E-state index contributed by atoms with van der Waals surface area (Å²) in [6.45, 7) is 6.47. The molecule has 0 spiro atoms. The van der Waals surface area contributed by atoms with Crippen LogP contribution >= 0.6 is 0 Å². The highest BCUT2D eigenvalue weighted by Crippen LogP contribution is 2.17. The molecule has 0 heterocycles. The molecule has 0 aliphatic carbocycles. The summed E-state index contributed by atoms with van der Waals surface area (Å²) in [6.07, 6.45) is 79.3. The smallest absolute Gasteiger partial charge is 0.306 e. The highest BCUT2D eigenvalue weighted by Gasteiger charge is 2.19. The Balaban J connectivity index is 4.09. The van der Waals surface area contributed by atoms with Gasteiger partial charge in [-0.1, -0.05) is 267 Å². The first-order valence-electron chi connectivity index (χ1n) is 31.4. The fourth-order valence-electron chi connectivity index (χ4n) is 8.96. The maximum absolute atomic E-state index is 12.8. The van der Waals surface area contributed by atoms with Crippen molar-refractivity contribution in [3.63, 3.8) is 0 Å². The van der Waals surface area contributed by atoms with E-state index in [2.05, 4.69) is 93.7 Å². The minimum atomic E-state index is -0.780. The fraction of sp³-hybridized carbons (Fsp3) is 0.776. The van der Waals surface area contributed by atoms with E-state index in [0.717, 1.165) is 109 Å². The van der Waals surface area contributed by atoms with Crippen LogP contribution in [0.25, 0.3) is 0 Å². The van der Waals surface area contributed by atoms with Gasteiger partial charge in [-0.15, -0.1) is 0 Å². The standard InChI is InChI=1S/C67H118O6/c1-4-7-10-13-16-19-22-24-26-27-28-29-30-31-32-33-34-35-36-37-38-39-40-41-42-44-45-48-51-54-57-60-66(69)72-63-64(62-71-65(68)59-56-53-50-47-21-18-15-12-9-6-3)73-67(70)61-58-55-52-49-46-43-25-23-20-17-14-11-8-5-2/h7,10,12,15-16,19,23-26,28-29,64H,4-6,8-9,11,13-14,17-18,20-22,27,30-63H2,1-3H3/b10-7-,15-12-,19-16-,25-23-,26-24-,29-28-. The second kappa shape index (κ2) is 61.4. The van der Waals surface area contributed by atoms with Crippen LogP contribution in [0.2, 0.25) is 0 Å². The minimum absolute atomic E-state index is 0.0780. The van der Waals surface area contributed by atoms with Crippen molar-refractivity contribution in [1.82, 2.24) is 0 Å². The second-order valence-electron chi connectivity index (χ2n) is 20.9. The Bertz CT molecular complexity index is 1360. The van der Waals surface area contributed by atoms with Gasteiger partial charge in [0.25, 0.3) is 0 Å². The molecule has 1 unspecified atom stereocenters. The molecule has 0 aromatic heterocycles. The fourth-order valence-corrected chi connectivity index (χ4v) is 8.96. The molecule has 0 aliphatic rings. The number of unbranched alkanes of at least 4 members (excludes halogenated alkanes) is 34. The lowest BCUT2D eigenvalue weighted by Gasteiger charge is -2.18. The van der Waals surface area contributed by atoms with E-state index >= 15 is 0 Å². The zero-order valence-electron chi connectivity index (χ0n) is 48.4. The van der Waals surface area contributed by atoms with E-state index in [0.29, 0.717) is 19.3 Å². The zero-order chi connectivity index (χ0) is 52.9. The molecule has 422 valence electrons. The van der Waals surface area contributed by atoms with Crippen LogP contribution in [0.1, 0.15) is 316 Å². The van der Waals surface area contributed by atoms with Crippen molar-refractivity contribution in [3.8, 4) is 0 Å². The van der Waals surface area contributed by atoms with Gasteiger partial charge in [0.05, 0.1) is 0 Å². The van der Waals surface area contributed by atoms with Gasteiger partial charge in [-0.25, -0.2) is 0 Å². The van der Waals surface area contributed by atoms with Gasteiger partial charge in [-0.05, 0) is 103 Å². The Morgan fingerprint density at radius 2 is 0.562 bits per heavy atom. The highest BCUT2D eigenvalue weighted by molar-refractivity contribution is 5.71. The van der Waals surface area contributed by atoms with Gasteiger partial charge in [-0.3, -0.25) is 14.4 Å². The van der Waals surface area contributed by atoms with Gasteiger partial charge in [0.15, 0.2) is 6.10 Å². The average molecular weight is 1020 g/mol. The lowest BCUT2D eigenvalue weighted by molar-refractivity contribution is -0.167. The first kappa shape index (κ1) is 69.8. The molecule has 0 amide bonds. The molecular formula is C67H118O6. The molecule has 0 bridgehead atoms. The van der Waals surface area contributed by atoms with E-state index in [9.17, 15) is 14.4 Å².